The lowest BCUT2D eigenvalue weighted by molar-refractivity contribution is -0.0312. The van der Waals surface area contributed by atoms with Crippen molar-refractivity contribution in [2.45, 2.75) is 66.2 Å². The summed E-state index contributed by atoms with van der Waals surface area (Å²) >= 11 is 0. The van der Waals surface area contributed by atoms with E-state index in [9.17, 15) is 21.9 Å². The number of benzene rings is 2. The van der Waals surface area contributed by atoms with Crippen molar-refractivity contribution in [3.05, 3.63) is 60.9 Å². The lowest BCUT2D eigenvalue weighted by atomic mass is 9.88. The SMILES string of the molecule is CNS(=O)(=O)c1cccc(OCC(O)CNC2COC3(CCN(S(=O)(=O)c4cccc(-c5cnn(CC6CC6)c5)c4)CC3)C2)c1. The number of aromatic nitrogens is 2. The van der Waals surface area contributed by atoms with Gasteiger partial charge in [0.2, 0.25) is 20.0 Å². The summed E-state index contributed by atoms with van der Waals surface area (Å²) in [7, 11) is -5.92. The van der Waals surface area contributed by atoms with Gasteiger partial charge in [-0.25, -0.2) is 21.6 Å². The minimum absolute atomic E-state index is 0.00833. The Bertz CT molecular complexity index is 1700. The van der Waals surface area contributed by atoms with Crippen LogP contribution in [0.3, 0.4) is 0 Å². The zero-order chi connectivity index (χ0) is 31.7. The van der Waals surface area contributed by atoms with Gasteiger partial charge in [-0.15, -0.1) is 0 Å². The van der Waals surface area contributed by atoms with Gasteiger partial charge in [0.1, 0.15) is 18.5 Å². The monoisotopic (exact) mass is 659 g/mol. The molecular formula is C31H41N5O7S2. The Labute approximate surface area is 264 Å². The summed E-state index contributed by atoms with van der Waals surface area (Å²) in [5.74, 6) is 1.05. The van der Waals surface area contributed by atoms with Gasteiger partial charge in [-0.2, -0.15) is 9.40 Å². The summed E-state index contributed by atoms with van der Waals surface area (Å²) in [6.07, 6.45) is 7.36. The fourth-order valence-electron chi connectivity index (χ4n) is 6.02. The van der Waals surface area contributed by atoms with Gasteiger partial charge in [-0.05, 0) is 74.9 Å². The van der Waals surface area contributed by atoms with Crippen LogP contribution < -0.4 is 14.8 Å². The second-order valence-corrected chi connectivity index (χ2v) is 16.1. The molecule has 1 aliphatic carbocycles. The van der Waals surface area contributed by atoms with Crippen LogP contribution in [0.4, 0.5) is 0 Å². The molecule has 2 saturated heterocycles. The smallest absolute Gasteiger partial charge is 0.243 e. The summed E-state index contributed by atoms with van der Waals surface area (Å²) in [6, 6.07) is 13.2. The van der Waals surface area contributed by atoms with E-state index < -0.39 is 31.8 Å². The Morgan fingerprint density at radius 1 is 1.07 bits per heavy atom. The third-order valence-corrected chi connectivity index (χ3v) is 12.2. The Kier molecular flexibility index (Phi) is 9.35. The second kappa shape index (κ2) is 13.1. The first-order valence-electron chi connectivity index (χ1n) is 15.4. The molecule has 2 unspecified atom stereocenters. The lowest BCUT2D eigenvalue weighted by Gasteiger charge is -2.38. The number of aliphatic hydroxyl groups excluding tert-OH is 1. The van der Waals surface area contributed by atoms with E-state index in [2.05, 4.69) is 15.1 Å². The maximum atomic E-state index is 13.6. The van der Waals surface area contributed by atoms with Gasteiger partial charge < -0.3 is 19.9 Å². The number of piperidine rings is 1. The van der Waals surface area contributed by atoms with Crippen molar-refractivity contribution in [1.82, 2.24) is 24.1 Å². The highest BCUT2D eigenvalue weighted by molar-refractivity contribution is 7.89. The number of sulfonamides is 2. The number of nitrogens with zero attached hydrogens (tertiary/aromatic N) is 3. The molecule has 244 valence electrons. The van der Waals surface area contributed by atoms with Gasteiger partial charge >= 0.3 is 0 Å². The number of hydrogen-bond donors (Lipinski definition) is 3. The molecule has 14 heteroatoms. The van der Waals surface area contributed by atoms with E-state index in [1.54, 1.807) is 40.8 Å². The maximum Gasteiger partial charge on any atom is 0.243 e. The van der Waals surface area contributed by atoms with Crippen molar-refractivity contribution >= 4 is 20.0 Å². The van der Waals surface area contributed by atoms with Crippen LogP contribution in [0.25, 0.3) is 11.1 Å². The van der Waals surface area contributed by atoms with Crippen LogP contribution >= 0.6 is 0 Å². The lowest BCUT2D eigenvalue weighted by Crippen LogP contribution is -2.47. The van der Waals surface area contributed by atoms with E-state index >= 15 is 0 Å². The molecular weight excluding hydrogens is 619 g/mol. The first kappa shape index (κ1) is 32.1. The molecule has 3 aliphatic rings. The van der Waals surface area contributed by atoms with Crippen LogP contribution in [0.2, 0.25) is 0 Å². The number of ether oxygens (including phenoxy) is 2. The molecule has 0 radical (unpaired) electrons. The molecule has 3 N–H and O–H groups in total. The zero-order valence-corrected chi connectivity index (χ0v) is 27.0. The highest BCUT2D eigenvalue weighted by atomic mass is 32.2. The largest absolute Gasteiger partial charge is 0.491 e. The third kappa shape index (κ3) is 7.59. The molecule has 0 bridgehead atoms. The molecule has 1 spiro atoms. The first-order valence-corrected chi connectivity index (χ1v) is 18.3. The van der Waals surface area contributed by atoms with Gasteiger partial charge in [0, 0.05) is 50.0 Å². The Hall–Kier alpha value is -2.85. The van der Waals surface area contributed by atoms with E-state index in [1.807, 2.05) is 16.9 Å². The zero-order valence-electron chi connectivity index (χ0n) is 25.3. The first-order chi connectivity index (χ1) is 21.5. The maximum absolute atomic E-state index is 13.6. The molecule has 3 aromatic rings. The van der Waals surface area contributed by atoms with Gasteiger partial charge in [0.25, 0.3) is 0 Å². The van der Waals surface area contributed by atoms with Crippen LogP contribution in [-0.4, -0.2) is 93.7 Å². The molecule has 6 rings (SSSR count). The van der Waals surface area contributed by atoms with Crippen LogP contribution in [0, 0.1) is 5.92 Å². The van der Waals surface area contributed by atoms with E-state index in [0.717, 1.165) is 24.1 Å². The van der Waals surface area contributed by atoms with Gasteiger partial charge in [0.15, 0.2) is 0 Å². The van der Waals surface area contributed by atoms with E-state index in [1.165, 1.54) is 32.0 Å². The average molecular weight is 660 g/mol. The number of aliphatic hydroxyl groups is 1. The average Bonchev–Trinajstić information content (AvgIpc) is 3.59. The normalized spacial score (nSPS) is 21.2. The molecule has 2 atom stereocenters. The molecule has 1 aromatic heterocycles. The Morgan fingerprint density at radius 2 is 1.82 bits per heavy atom. The standard InChI is InChI=1S/C31H41N5O7S2/c1-32-44(38,39)29-6-3-5-28(15-29)42-22-27(37)18-33-26-16-31(43-21-26)10-12-36(13-11-31)45(40,41)30-7-2-4-24(14-30)25-17-34-35(20-25)19-23-8-9-23/h2-7,14-15,17,20,23,26-27,32-33,37H,8-13,16,18-19,21-22H2,1H3. The van der Waals surface area contributed by atoms with Gasteiger partial charge in [-0.3, -0.25) is 4.68 Å². The number of rotatable bonds is 13. The van der Waals surface area contributed by atoms with E-state index in [-0.39, 0.29) is 29.0 Å². The van der Waals surface area contributed by atoms with Crippen molar-refractivity contribution in [1.29, 1.82) is 0 Å². The molecule has 45 heavy (non-hydrogen) atoms. The van der Waals surface area contributed by atoms with Crippen molar-refractivity contribution < 1.29 is 31.4 Å². The quantitative estimate of drug-likeness (QED) is 0.251. The van der Waals surface area contributed by atoms with Crippen LogP contribution in [0.15, 0.2) is 70.7 Å². The van der Waals surface area contributed by atoms with Crippen molar-refractivity contribution in [3.8, 4) is 16.9 Å². The topological polar surface area (TPSA) is 152 Å². The highest BCUT2D eigenvalue weighted by Crippen LogP contribution is 2.38. The fourth-order valence-corrected chi connectivity index (χ4v) is 8.28. The van der Waals surface area contributed by atoms with Crippen molar-refractivity contribution in [2.24, 2.45) is 5.92 Å². The van der Waals surface area contributed by atoms with E-state index in [0.29, 0.717) is 44.2 Å². The minimum Gasteiger partial charge on any atom is -0.491 e. The summed E-state index contributed by atoms with van der Waals surface area (Å²) in [5, 5.41) is 18.3. The molecule has 1 saturated carbocycles. The van der Waals surface area contributed by atoms with Gasteiger partial charge in [0.05, 0.1) is 28.2 Å². The van der Waals surface area contributed by atoms with Crippen LogP contribution in [0.5, 0.6) is 5.75 Å². The summed E-state index contributed by atoms with van der Waals surface area (Å²) in [6.45, 7) is 2.39. The van der Waals surface area contributed by atoms with Crippen LogP contribution in [-0.2, 0) is 31.3 Å². The second-order valence-electron chi connectivity index (χ2n) is 12.3. The third-order valence-electron chi connectivity index (χ3n) is 8.89. The molecule has 12 nitrogen and oxygen atoms in total. The van der Waals surface area contributed by atoms with Crippen molar-refractivity contribution in [3.63, 3.8) is 0 Å². The van der Waals surface area contributed by atoms with Gasteiger partial charge in [-0.1, -0.05) is 18.2 Å². The minimum atomic E-state index is -3.67. The highest BCUT2D eigenvalue weighted by Gasteiger charge is 2.44. The predicted molar refractivity (Wildman–Crippen MR) is 168 cm³/mol. The molecule has 3 fully saturated rings. The number of hydrogen-bond acceptors (Lipinski definition) is 9. The Balaban J connectivity index is 0.975. The summed E-state index contributed by atoms with van der Waals surface area (Å²) < 4.78 is 68.8. The molecule has 0 amide bonds. The number of nitrogens with one attached hydrogen (secondary N) is 2. The Morgan fingerprint density at radius 3 is 2.58 bits per heavy atom. The molecule has 2 aliphatic heterocycles. The van der Waals surface area contributed by atoms with E-state index in [4.69, 9.17) is 9.47 Å². The predicted octanol–water partition coefficient (Wildman–Crippen LogP) is 2.21. The molecule has 3 heterocycles. The van der Waals surface area contributed by atoms with Crippen molar-refractivity contribution in [2.75, 3.05) is 39.9 Å². The van der Waals surface area contributed by atoms with Crippen LogP contribution in [0.1, 0.15) is 32.1 Å². The fraction of sp³-hybridized carbons (Fsp3) is 0.516. The molecule has 2 aromatic carbocycles. The summed E-state index contributed by atoms with van der Waals surface area (Å²) in [4.78, 5) is 0.368. The summed E-state index contributed by atoms with van der Waals surface area (Å²) in [5.41, 5.74) is 1.35.